The Labute approximate surface area is 125 Å². The van der Waals surface area contributed by atoms with E-state index in [1.165, 1.54) is 25.1 Å². The van der Waals surface area contributed by atoms with E-state index in [4.69, 9.17) is 0 Å². The second-order valence-corrected chi connectivity index (χ2v) is 5.45. The maximum Gasteiger partial charge on any atom is 0.251 e. The van der Waals surface area contributed by atoms with Crippen molar-refractivity contribution in [1.29, 1.82) is 0 Å². The van der Waals surface area contributed by atoms with Gasteiger partial charge in [-0.25, -0.2) is 4.39 Å². The van der Waals surface area contributed by atoms with Gasteiger partial charge in [0, 0.05) is 32.1 Å². The Morgan fingerprint density at radius 2 is 2.00 bits per heavy atom. The van der Waals surface area contributed by atoms with Gasteiger partial charge in [0.15, 0.2) is 0 Å². The van der Waals surface area contributed by atoms with Gasteiger partial charge in [-0.15, -0.1) is 0 Å². The number of rotatable bonds is 7. The van der Waals surface area contributed by atoms with Gasteiger partial charge in [-0.1, -0.05) is 19.9 Å². The summed E-state index contributed by atoms with van der Waals surface area (Å²) >= 11 is 0. The second kappa shape index (κ2) is 8.39. The van der Waals surface area contributed by atoms with Crippen LogP contribution in [0.15, 0.2) is 24.3 Å². The van der Waals surface area contributed by atoms with Gasteiger partial charge in [0.1, 0.15) is 5.82 Å². The fourth-order valence-electron chi connectivity index (χ4n) is 1.88. The number of carbonyl (C=O) groups is 2. The third-order valence-electron chi connectivity index (χ3n) is 3.18. The number of hydrogen-bond donors (Lipinski definition) is 1. The molecular formula is C16H23FN2O2. The highest BCUT2D eigenvalue weighted by Gasteiger charge is 2.11. The van der Waals surface area contributed by atoms with Crippen molar-refractivity contribution in [3.8, 4) is 0 Å². The molecule has 0 aliphatic rings. The van der Waals surface area contributed by atoms with E-state index in [0.29, 0.717) is 25.6 Å². The molecule has 1 rings (SSSR count). The zero-order chi connectivity index (χ0) is 15.8. The second-order valence-electron chi connectivity index (χ2n) is 5.45. The highest BCUT2D eigenvalue weighted by molar-refractivity contribution is 5.94. The molecule has 1 aromatic carbocycles. The van der Waals surface area contributed by atoms with E-state index < -0.39 is 5.82 Å². The molecule has 116 valence electrons. The van der Waals surface area contributed by atoms with Gasteiger partial charge in [0.25, 0.3) is 5.91 Å². The normalized spacial score (nSPS) is 10.5. The smallest absolute Gasteiger partial charge is 0.251 e. The van der Waals surface area contributed by atoms with Gasteiger partial charge in [0.05, 0.1) is 0 Å². The number of halogens is 1. The maximum atomic E-state index is 13.0. The van der Waals surface area contributed by atoms with Crippen LogP contribution in [0.25, 0.3) is 0 Å². The standard InChI is InChI=1S/C16H23FN2O2/c1-12(2)7-9-19(13(3)20)10-8-18-16(21)14-5-4-6-15(17)11-14/h4-6,11-12H,7-10H2,1-3H3,(H,18,21). The summed E-state index contributed by atoms with van der Waals surface area (Å²) < 4.78 is 13.0. The SMILES string of the molecule is CC(=O)N(CCNC(=O)c1cccc(F)c1)CCC(C)C. The number of amides is 2. The van der Waals surface area contributed by atoms with Gasteiger partial charge >= 0.3 is 0 Å². The van der Waals surface area contributed by atoms with E-state index in [-0.39, 0.29) is 17.4 Å². The fraction of sp³-hybridized carbons (Fsp3) is 0.500. The summed E-state index contributed by atoms with van der Waals surface area (Å²) in [7, 11) is 0. The summed E-state index contributed by atoms with van der Waals surface area (Å²) in [5, 5.41) is 2.70. The molecule has 0 saturated carbocycles. The highest BCUT2D eigenvalue weighted by atomic mass is 19.1. The lowest BCUT2D eigenvalue weighted by Gasteiger charge is -2.22. The molecule has 0 saturated heterocycles. The molecule has 0 radical (unpaired) electrons. The van der Waals surface area contributed by atoms with Crippen molar-refractivity contribution >= 4 is 11.8 Å². The van der Waals surface area contributed by atoms with Crippen molar-refractivity contribution in [3.63, 3.8) is 0 Å². The third-order valence-corrected chi connectivity index (χ3v) is 3.18. The van der Waals surface area contributed by atoms with Crippen molar-refractivity contribution < 1.29 is 14.0 Å². The van der Waals surface area contributed by atoms with Crippen LogP contribution in [0, 0.1) is 11.7 Å². The van der Waals surface area contributed by atoms with E-state index >= 15 is 0 Å². The average Bonchev–Trinajstić information content (AvgIpc) is 2.41. The van der Waals surface area contributed by atoms with Gasteiger partial charge in [0.2, 0.25) is 5.91 Å². The Hall–Kier alpha value is -1.91. The zero-order valence-corrected chi connectivity index (χ0v) is 12.9. The molecule has 0 spiro atoms. The molecular weight excluding hydrogens is 271 g/mol. The molecule has 0 fully saturated rings. The first-order valence-corrected chi connectivity index (χ1v) is 7.19. The van der Waals surface area contributed by atoms with Crippen molar-refractivity contribution in [2.45, 2.75) is 27.2 Å². The van der Waals surface area contributed by atoms with Crippen molar-refractivity contribution in [3.05, 3.63) is 35.6 Å². The first-order valence-electron chi connectivity index (χ1n) is 7.19. The number of nitrogens with zero attached hydrogens (tertiary/aromatic N) is 1. The lowest BCUT2D eigenvalue weighted by Crippen LogP contribution is -2.38. The molecule has 0 heterocycles. The van der Waals surface area contributed by atoms with Crippen LogP contribution < -0.4 is 5.32 Å². The predicted octanol–water partition coefficient (Wildman–Crippen LogP) is 2.45. The number of benzene rings is 1. The van der Waals surface area contributed by atoms with Crippen LogP contribution in [-0.2, 0) is 4.79 Å². The highest BCUT2D eigenvalue weighted by Crippen LogP contribution is 2.04. The van der Waals surface area contributed by atoms with E-state index in [9.17, 15) is 14.0 Å². The van der Waals surface area contributed by atoms with E-state index in [1.54, 1.807) is 11.0 Å². The minimum Gasteiger partial charge on any atom is -0.350 e. The van der Waals surface area contributed by atoms with Crippen molar-refractivity contribution in [2.75, 3.05) is 19.6 Å². The Kier molecular flexibility index (Phi) is 6.85. The largest absolute Gasteiger partial charge is 0.350 e. The summed E-state index contributed by atoms with van der Waals surface area (Å²) in [6, 6.07) is 5.53. The Morgan fingerprint density at radius 3 is 2.57 bits per heavy atom. The lowest BCUT2D eigenvalue weighted by atomic mass is 10.1. The molecule has 0 atom stereocenters. The molecule has 0 aromatic heterocycles. The van der Waals surface area contributed by atoms with Gasteiger partial charge in [-0.05, 0) is 30.5 Å². The quantitative estimate of drug-likeness (QED) is 0.839. The van der Waals surface area contributed by atoms with Crippen LogP contribution in [0.4, 0.5) is 4.39 Å². The minimum atomic E-state index is -0.440. The summed E-state index contributed by atoms with van der Waals surface area (Å²) in [5.41, 5.74) is 0.284. The third kappa shape index (κ3) is 6.38. The molecule has 21 heavy (non-hydrogen) atoms. The van der Waals surface area contributed by atoms with Crippen LogP contribution in [-0.4, -0.2) is 36.3 Å². The molecule has 2 amide bonds. The molecule has 0 unspecified atom stereocenters. The number of hydrogen-bond acceptors (Lipinski definition) is 2. The van der Waals surface area contributed by atoms with Crippen LogP contribution in [0.2, 0.25) is 0 Å². The lowest BCUT2D eigenvalue weighted by molar-refractivity contribution is -0.128. The van der Waals surface area contributed by atoms with Gasteiger partial charge in [-0.2, -0.15) is 0 Å². The molecule has 0 bridgehead atoms. The molecule has 0 aliphatic heterocycles. The molecule has 1 N–H and O–H groups in total. The first-order chi connectivity index (χ1) is 9.90. The van der Waals surface area contributed by atoms with E-state index in [0.717, 1.165) is 6.42 Å². The van der Waals surface area contributed by atoms with Gasteiger partial charge < -0.3 is 10.2 Å². The van der Waals surface area contributed by atoms with Crippen molar-refractivity contribution in [1.82, 2.24) is 10.2 Å². The minimum absolute atomic E-state index is 0.00402. The molecule has 0 aliphatic carbocycles. The van der Waals surface area contributed by atoms with Crippen LogP contribution in [0.5, 0.6) is 0 Å². The summed E-state index contributed by atoms with van der Waals surface area (Å²) in [6.07, 6.45) is 0.928. The summed E-state index contributed by atoms with van der Waals surface area (Å²) in [5.74, 6) is -0.254. The van der Waals surface area contributed by atoms with Crippen LogP contribution in [0.1, 0.15) is 37.6 Å². The fourth-order valence-corrected chi connectivity index (χ4v) is 1.88. The monoisotopic (exact) mass is 294 g/mol. The zero-order valence-electron chi connectivity index (χ0n) is 12.9. The number of carbonyl (C=O) groups excluding carboxylic acids is 2. The average molecular weight is 294 g/mol. The van der Waals surface area contributed by atoms with Crippen LogP contribution in [0.3, 0.4) is 0 Å². The van der Waals surface area contributed by atoms with Gasteiger partial charge in [-0.3, -0.25) is 9.59 Å². The Balaban J connectivity index is 2.43. The van der Waals surface area contributed by atoms with E-state index in [1.807, 2.05) is 0 Å². The predicted molar refractivity (Wildman–Crippen MR) is 80.4 cm³/mol. The van der Waals surface area contributed by atoms with Crippen molar-refractivity contribution in [2.24, 2.45) is 5.92 Å². The molecule has 5 heteroatoms. The number of nitrogens with one attached hydrogen (secondary N) is 1. The molecule has 1 aromatic rings. The maximum absolute atomic E-state index is 13.0. The van der Waals surface area contributed by atoms with E-state index in [2.05, 4.69) is 19.2 Å². The Bertz CT molecular complexity index is 489. The summed E-state index contributed by atoms with van der Waals surface area (Å²) in [6.45, 7) is 7.22. The topological polar surface area (TPSA) is 49.4 Å². The molecule has 4 nitrogen and oxygen atoms in total. The Morgan fingerprint density at radius 1 is 1.29 bits per heavy atom. The first kappa shape index (κ1) is 17.1. The van der Waals surface area contributed by atoms with Crippen LogP contribution >= 0.6 is 0 Å². The summed E-state index contributed by atoms with van der Waals surface area (Å²) in [4.78, 5) is 25.1.